The summed E-state index contributed by atoms with van der Waals surface area (Å²) >= 11 is 6.08. The van der Waals surface area contributed by atoms with Crippen molar-refractivity contribution in [2.24, 2.45) is 5.73 Å². The first-order chi connectivity index (χ1) is 7.72. The molecular weight excluding hydrogens is 261 g/mol. The van der Waals surface area contributed by atoms with Crippen LogP contribution < -0.4 is 5.73 Å². The van der Waals surface area contributed by atoms with Crippen LogP contribution in [0, 0.1) is 0 Å². The molecule has 1 aromatic carbocycles. The molecule has 0 bridgehead atoms. The molecule has 0 aliphatic heterocycles. The Balaban J connectivity index is 0.00000144. The molecule has 2 aromatic rings. The van der Waals surface area contributed by atoms with Gasteiger partial charge in [-0.2, -0.15) is 5.10 Å². The summed E-state index contributed by atoms with van der Waals surface area (Å²) < 4.78 is 0. The van der Waals surface area contributed by atoms with Crippen LogP contribution in [0.5, 0.6) is 0 Å². The number of nitrogens with one attached hydrogen (secondary N) is 1. The van der Waals surface area contributed by atoms with Crippen molar-refractivity contribution in [1.82, 2.24) is 10.2 Å². The van der Waals surface area contributed by atoms with Gasteiger partial charge in [-0.15, -0.1) is 12.4 Å². The molecular formula is C11H13Cl2N3O. The van der Waals surface area contributed by atoms with Crippen molar-refractivity contribution in [3.8, 4) is 11.3 Å². The van der Waals surface area contributed by atoms with Gasteiger partial charge in [-0.25, -0.2) is 0 Å². The number of rotatable bonds is 3. The Hall–Kier alpha value is -1.07. The molecule has 0 fully saturated rings. The number of benzene rings is 1. The van der Waals surface area contributed by atoms with E-state index in [-0.39, 0.29) is 19.0 Å². The number of hydrogen-bond acceptors (Lipinski definition) is 3. The molecule has 92 valence electrons. The van der Waals surface area contributed by atoms with E-state index in [0.717, 1.165) is 16.8 Å². The minimum atomic E-state index is -0.394. The van der Waals surface area contributed by atoms with E-state index in [2.05, 4.69) is 10.2 Å². The number of aliphatic hydroxyl groups excluding tert-OH is 1. The summed E-state index contributed by atoms with van der Waals surface area (Å²) in [6.07, 6.45) is 1.73. The second-order valence-corrected chi connectivity index (χ2v) is 3.90. The normalized spacial score (nSPS) is 11.9. The van der Waals surface area contributed by atoms with Gasteiger partial charge in [0, 0.05) is 11.8 Å². The number of hydrogen-bond donors (Lipinski definition) is 3. The quantitative estimate of drug-likeness (QED) is 0.802. The number of aliphatic hydroxyl groups is 1. The minimum Gasteiger partial charge on any atom is -0.394 e. The largest absolute Gasteiger partial charge is 0.394 e. The molecule has 17 heavy (non-hydrogen) atoms. The highest BCUT2D eigenvalue weighted by Crippen LogP contribution is 2.28. The molecule has 0 spiro atoms. The van der Waals surface area contributed by atoms with E-state index in [4.69, 9.17) is 22.4 Å². The second-order valence-electron chi connectivity index (χ2n) is 3.49. The number of nitrogens with two attached hydrogens (primary N) is 1. The Bertz CT molecular complexity index is 474. The lowest BCUT2D eigenvalue weighted by Crippen LogP contribution is -2.14. The molecule has 4 nitrogen and oxygen atoms in total. The minimum absolute atomic E-state index is 0. The molecule has 0 radical (unpaired) electrons. The van der Waals surface area contributed by atoms with Crippen LogP contribution in [0.15, 0.2) is 30.5 Å². The third-order valence-corrected chi connectivity index (χ3v) is 2.72. The summed E-state index contributed by atoms with van der Waals surface area (Å²) in [5, 5.41) is 16.4. The Kier molecular flexibility index (Phi) is 4.96. The van der Waals surface area contributed by atoms with E-state index in [1.165, 1.54) is 0 Å². The molecule has 0 amide bonds. The van der Waals surface area contributed by atoms with Crippen molar-refractivity contribution in [2.75, 3.05) is 6.61 Å². The first kappa shape index (κ1) is 14.0. The smallest absolute Gasteiger partial charge is 0.0935 e. The third-order valence-electron chi connectivity index (χ3n) is 2.39. The number of nitrogens with zero attached hydrogens (tertiary/aromatic N) is 1. The Morgan fingerprint density at radius 2 is 2.18 bits per heavy atom. The van der Waals surface area contributed by atoms with E-state index in [0.29, 0.717) is 5.02 Å². The number of aromatic amines is 1. The fourth-order valence-corrected chi connectivity index (χ4v) is 1.70. The molecule has 1 aromatic heterocycles. The van der Waals surface area contributed by atoms with Gasteiger partial charge < -0.3 is 10.8 Å². The highest BCUT2D eigenvalue weighted by molar-refractivity contribution is 6.33. The van der Waals surface area contributed by atoms with Crippen LogP contribution in [-0.2, 0) is 0 Å². The Morgan fingerprint density at radius 1 is 1.41 bits per heavy atom. The lowest BCUT2D eigenvalue weighted by atomic mass is 10.0. The summed E-state index contributed by atoms with van der Waals surface area (Å²) in [5.74, 6) is 0. The van der Waals surface area contributed by atoms with Crippen molar-refractivity contribution in [1.29, 1.82) is 0 Å². The average Bonchev–Trinajstić information content (AvgIpc) is 2.82. The molecule has 4 N–H and O–H groups in total. The lowest BCUT2D eigenvalue weighted by molar-refractivity contribution is 0.268. The highest BCUT2D eigenvalue weighted by Gasteiger charge is 2.10. The van der Waals surface area contributed by atoms with E-state index in [1.54, 1.807) is 18.3 Å². The number of aromatic nitrogens is 2. The summed E-state index contributed by atoms with van der Waals surface area (Å²) in [6, 6.07) is 6.85. The maximum Gasteiger partial charge on any atom is 0.0935 e. The van der Waals surface area contributed by atoms with Gasteiger partial charge >= 0.3 is 0 Å². The fourth-order valence-electron chi connectivity index (χ4n) is 1.49. The van der Waals surface area contributed by atoms with Crippen molar-refractivity contribution in [3.63, 3.8) is 0 Å². The SMILES string of the molecule is Cl.N[C@H](CO)c1ccc(Cl)c(-c2cc[nH]n2)c1. The van der Waals surface area contributed by atoms with Crippen molar-refractivity contribution in [2.45, 2.75) is 6.04 Å². The zero-order valence-corrected chi connectivity index (χ0v) is 10.5. The van der Waals surface area contributed by atoms with Gasteiger partial charge in [-0.1, -0.05) is 17.7 Å². The Morgan fingerprint density at radius 3 is 2.76 bits per heavy atom. The maximum atomic E-state index is 9.00. The molecule has 1 atom stereocenters. The molecule has 6 heteroatoms. The van der Waals surface area contributed by atoms with Gasteiger partial charge in [-0.05, 0) is 23.8 Å². The maximum absolute atomic E-state index is 9.00. The first-order valence-electron chi connectivity index (χ1n) is 4.88. The van der Waals surface area contributed by atoms with Crippen LogP contribution in [0.4, 0.5) is 0 Å². The molecule has 0 unspecified atom stereocenters. The van der Waals surface area contributed by atoms with Gasteiger partial charge in [-0.3, -0.25) is 5.10 Å². The van der Waals surface area contributed by atoms with Gasteiger partial charge in [0.15, 0.2) is 0 Å². The second kappa shape index (κ2) is 6.02. The molecule has 1 heterocycles. The summed E-state index contributed by atoms with van der Waals surface area (Å²) in [7, 11) is 0. The molecule has 0 aliphatic carbocycles. The van der Waals surface area contributed by atoms with Crippen LogP contribution >= 0.6 is 24.0 Å². The first-order valence-corrected chi connectivity index (χ1v) is 5.26. The van der Waals surface area contributed by atoms with Gasteiger partial charge in [0.2, 0.25) is 0 Å². The molecule has 0 saturated heterocycles. The molecule has 0 aliphatic rings. The van der Waals surface area contributed by atoms with Gasteiger partial charge in [0.1, 0.15) is 0 Å². The third kappa shape index (κ3) is 2.98. The van der Waals surface area contributed by atoms with Crippen LogP contribution in [-0.4, -0.2) is 21.9 Å². The highest BCUT2D eigenvalue weighted by atomic mass is 35.5. The zero-order chi connectivity index (χ0) is 11.5. The van der Waals surface area contributed by atoms with Gasteiger partial charge in [0.25, 0.3) is 0 Å². The molecule has 0 saturated carbocycles. The van der Waals surface area contributed by atoms with E-state index in [1.807, 2.05) is 12.1 Å². The van der Waals surface area contributed by atoms with E-state index in [9.17, 15) is 0 Å². The summed E-state index contributed by atoms with van der Waals surface area (Å²) in [4.78, 5) is 0. The predicted molar refractivity (Wildman–Crippen MR) is 70.3 cm³/mol. The number of H-pyrrole nitrogens is 1. The zero-order valence-electron chi connectivity index (χ0n) is 8.93. The summed E-state index contributed by atoms with van der Waals surface area (Å²) in [5.41, 5.74) is 8.15. The van der Waals surface area contributed by atoms with E-state index < -0.39 is 6.04 Å². The predicted octanol–water partition coefficient (Wildman–Crippen LogP) is 2.14. The van der Waals surface area contributed by atoms with Gasteiger partial charge in [0.05, 0.1) is 23.4 Å². The van der Waals surface area contributed by atoms with E-state index >= 15 is 0 Å². The van der Waals surface area contributed by atoms with Crippen LogP contribution in [0.2, 0.25) is 5.02 Å². The monoisotopic (exact) mass is 273 g/mol. The number of halogens is 2. The average molecular weight is 274 g/mol. The topological polar surface area (TPSA) is 74.9 Å². The molecule has 2 rings (SSSR count). The summed E-state index contributed by atoms with van der Waals surface area (Å²) in [6.45, 7) is -0.0956. The van der Waals surface area contributed by atoms with Crippen LogP contribution in [0.25, 0.3) is 11.3 Å². The van der Waals surface area contributed by atoms with Crippen LogP contribution in [0.1, 0.15) is 11.6 Å². The fraction of sp³-hybridized carbons (Fsp3) is 0.182. The van der Waals surface area contributed by atoms with Crippen molar-refractivity contribution in [3.05, 3.63) is 41.0 Å². The van der Waals surface area contributed by atoms with Crippen molar-refractivity contribution >= 4 is 24.0 Å². The van der Waals surface area contributed by atoms with Crippen LogP contribution in [0.3, 0.4) is 0 Å². The standard InChI is InChI=1S/C11H12ClN3O.ClH/c12-9-2-1-7(10(13)6-16)5-8(9)11-3-4-14-15-11;/h1-5,10,16H,6,13H2,(H,14,15);1H/t10-;/m1./s1. The van der Waals surface area contributed by atoms with Crippen molar-refractivity contribution < 1.29 is 5.11 Å². The lowest BCUT2D eigenvalue weighted by Gasteiger charge is -2.10. The Labute approximate surface area is 110 Å².